The van der Waals surface area contributed by atoms with Gasteiger partial charge in [0.2, 0.25) is 0 Å². The molecule has 4 rings (SSSR count). The fourth-order valence-electron chi connectivity index (χ4n) is 3.33. The summed E-state index contributed by atoms with van der Waals surface area (Å²) >= 11 is 1.75. The average Bonchev–Trinajstić information content (AvgIpc) is 2.79. The standard InChI is InChI=1S/C20H19NO2S/c1-23-14-11-9-13(10-12-14)20-19-16(6-4-7-17(19)22)21-15-5-2-3-8-18(15)24-20/h2-3,5,8-12,20-21H,4,6-7H2,1H3. The maximum atomic E-state index is 12.7. The first-order valence-electron chi connectivity index (χ1n) is 8.19. The predicted molar refractivity (Wildman–Crippen MR) is 97.5 cm³/mol. The molecule has 0 spiro atoms. The number of carbonyl (C=O) groups is 1. The molecule has 1 aliphatic carbocycles. The van der Waals surface area contributed by atoms with Gasteiger partial charge in [-0.25, -0.2) is 0 Å². The Bertz CT molecular complexity index is 811. The van der Waals surface area contributed by atoms with E-state index in [1.807, 2.05) is 24.3 Å². The number of Topliss-reactive ketones (excluding diaryl/α,β-unsaturated/α-hetero) is 1. The number of fused-ring (bicyclic) bond motifs is 1. The number of hydrogen-bond acceptors (Lipinski definition) is 4. The lowest BCUT2D eigenvalue weighted by Crippen LogP contribution is -2.19. The fraction of sp³-hybridized carbons (Fsp3) is 0.250. The van der Waals surface area contributed by atoms with Crippen LogP contribution in [-0.2, 0) is 4.79 Å². The van der Waals surface area contributed by atoms with Crippen molar-refractivity contribution < 1.29 is 9.53 Å². The van der Waals surface area contributed by atoms with Crippen LogP contribution in [0.4, 0.5) is 5.69 Å². The highest BCUT2D eigenvalue weighted by molar-refractivity contribution is 8.00. The van der Waals surface area contributed by atoms with Crippen LogP contribution in [0.25, 0.3) is 0 Å². The molecule has 1 heterocycles. The van der Waals surface area contributed by atoms with Crippen molar-refractivity contribution >= 4 is 23.2 Å². The molecule has 0 fully saturated rings. The number of rotatable bonds is 2. The Kier molecular flexibility index (Phi) is 4.07. The molecule has 1 aliphatic heterocycles. The van der Waals surface area contributed by atoms with Gasteiger partial charge in [0.15, 0.2) is 5.78 Å². The SMILES string of the molecule is COc1ccc(C2Sc3ccccc3NC3=C2C(=O)CCC3)cc1. The summed E-state index contributed by atoms with van der Waals surface area (Å²) in [7, 11) is 1.67. The highest BCUT2D eigenvalue weighted by Crippen LogP contribution is 2.49. The van der Waals surface area contributed by atoms with E-state index in [1.165, 1.54) is 4.90 Å². The zero-order valence-electron chi connectivity index (χ0n) is 13.5. The number of thioether (sulfide) groups is 1. The Morgan fingerprint density at radius 1 is 1.08 bits per heavy atom. The Morgan fingerprint density at radius 2 is 1.88 bits per heavy atom. The molecule has 0 saturated carbocycles. The van der Waals surface area contributed by atoms with Gasteiger partial charge < -0.3 is 10.1 Å². The van der Waals surface area contributed by atoms with Crippen LogP contribution in [0.2, 0.25) is 0 Å². The minimum absolute atomic E-state index is 0.0230. The van der Waals surface area contributed by atoms with Crippen LogP contribution >= 0.6 is 11.8 Å². The topological polar surface area (TPSA) is 38.3 Å². The molecule has 1 unspecified atom stereocenters. The number of hydrogen-bond donors (Lipinski definition) is 1. The summed E-state index contributed by atoms with van der Waals surface area (Å²) in [4.78, 5) is 13.9. The number of anilines is 1. The van der Waals surface area contributed by atoms with Crippen molar-refractivity contribution in [2.45, 2.75) is 29.4 Å². The number of para-hydroxylation sites is 1. The molecule has 24 heavy (non-hydrogen) atoms. The van der Waals surface area contributed by atoms with E-state index in [0.717, 1.165) is 41.1 Å². The van der Waals surface area contributed by atoms with Gasteiger partial charge in [-0.2, -0.15) is 0 Å². The molecule has 3 nitrogen and oxygen atoms in total. The summed E-state index contributed by atoms with van der Waals surface area (Å²) in [6.45, 7) is 0. The van der Waals surface area contributed by atoms with Crippen molar-refractivity contribution in [3.63, 3.8) is 0 Å². The highest BCUT2D eigenvalue weighted by atomic mass is 32.2. The molecular weight excluding hydrogens is 318 g/mol. The summed E-state index contributed by atoms with van der Waals surface area (Å²) in [6, 6.07) is 16.3. The van der Waals surface area contributed by atoms with E-state index < -0.39 is 0 Å². The number of ketones is 1. The second-order valence-electron chi connectivity index (χ2n) is 6.06. The van der Waals surface area contributed by atoms with E-state index in [0.29, 0.717) is 6.42 Å². The Hall–Kier alpha value is -2.20. The molecule has 2 aliphatic rings. The number of nitrogens with one attached hydrogen (secondary N) is 1. The van der Waals surface area contributed by atoms with Crippen molar-refractivity contribution in [2.24, 2.45) is 0 Å². The Labute approximate surface area is 146 Å². The molecule has 2 aromatic rings. The van der Waals surface area contributed by atoms with Gasteiger partial charge in [-0.1, -0.05) is 24.3 Å². The van der Waals surface area contributed by atoms with Gasteiger partial charge >= 0.3 is 0 Å². The molecule has 0 aromatic heterocycles. The Balaban J connectivity index is 1.83. The van der Waals surface area contributed by atoms with E-state index >= 15 is 0 Å². The number of benzene rings is 2. The normalized spacial score (nSPS) is 19.9. The van der Waals surface area contributed by atoms with Crippen LogP contribution in [-0.4, -0.2) is 12.9 Å². The molecule has 0 amide bonds. The third kappa shape index (κ3) is 2.71. The first kappa shape index (κ1) is 15.3. The van der Waals surface area contributed by atoms with Gasteiger partial charge in [0.05, 0.1) is 18.0 Å². The summed E-state index contributed by atoms with van der Waals surface area (Å²) in [5.41, 5.74) is 4.26. The van der Waals surface area contributed by atoms with Crippen molar-refractivity contribution in [1.29, 1.82) is 0 Å². The van der Waals surface area contributed by atoms with Crippen molar-refractivity contribution in [3.05, 3.63) is 65.4 Å². The third-order valence-electron chi connectivity index (χ3n) is 4.55. The largest absolute Gasteiger partial charge is 0.497 e. The van der Waals surface area contributed by atoms with Crippen molar-refractivity contribution in [1.82, 2.24) is 0 Å². The quantitative estimate of drug-likeness (QED) is 0.840. The zero-order chi connectivity index (χ0) is 16.5. The first-order chi connectivity index (χ1) is 11.8. The van der Waals surface area contributed by atoms with Crippen LogP contribution < -0.4 is 10.1 Å². The summed E-state index contributed by atoms with van der Waals surface area (Å²) in [6.07, 6.45) is 2.50. The number of methoxy groups -OCH3 is 1. The van der Waals surface area contributed by atoms with Gasteiger partial charge in [0.1, 0.15) is 5.75 Å². The lowest BCUT2D eigenvalue weighted by Gasteiger charge is -2.24. The van der Waals surface area contributed by atoms with Crippen LogP contribution in [0.5, 0.6) is 5.75 Å². The molecule has 0 saturated heterocycles. The van der Waals surface area contributed by atoms with E-state index in [1.54, 1.807) is 18.9 Å². The molecule has 2 aromatic carbocycles. The molecule has 4 heteroatoms. The predicted octanol–water partition coefficient (Wildman–Crippen LogP) is 4.96. The van der Waals surface area contributed by atoms with Crippen LogP contribution in [0.1, 0.15) is 30.1 Å². The monoisotopic (exact) mass is 337 g/mol. The summed E-state index contributed by atoms with van der Waals surface area (Å²) in [5.74, 6) is 1.10. The molecule has 1 N–H and O–H groups in total. The van der Waals surface area contributed by atoms with Crippen LogP contribution in [0.3, 0.4) is 0 Å². The maximum absolute atomic E-state index is 12.7. The maximum Gasteiger partial charge on any atom is 0.162 e. The smallest absolute Gasteiger partial charge is 0.162 e. The molecule has 122 valence electrons. The second-order valence-corrected chi connectivity index (χ2v) is 7.21. The highest BCUT2D eigenvalue weighted by Gasteiger charge is 2.32. The summed E-state index contributed by atoms with van der Waals surface area (Å²) in [5, 5.41) is 3.55. The lowest BCUT2D eigenvalue weighted by atomic mass is 9.89. The number of allylic oxidation sites excluding steroid dienone is 1. The van der Waals surface area contributed by atoms with Gasteiger partial charge in [-0.15, -0.1) is 11.8 Å². The van der Waals surface area contributed by atoms with Gasteiger partial charge in [0.25, 0.3) is 0 Å². The van der Waals surface area contributed by atoms with Gasteiger partial charge in [-0.05, 0) is 42.7 Å². The minimum atomic E-state index is 0.0230. The number of carbonyl (C=O) groups excluding carboxylic acids is 1. The molecule has 0 radical (unpaired) electrons. The van der Waals surface area contributed by atoms with E-state index in [9.17, 15) is 4.79 Å². The molecular formula is C20H19NO2S. The lowest BCUT2D eigenvalue weighted by molar-refractivity contribution is -0.116. The number of ether oxygens (including phenoxy) is 1. The Morgan fingerprint density at radius 3 is 2.67 bits per heavy atom. The third-order valence-corrected chi connectivity index (χ3v) is 5.91. The molecule has 0 bridgehead atoms. The van der Waals surface area contributed by atoms with Gasteiger partial charge in [-0.3, -0.25) is 4.79 Å². The van der Waals surface area contributed by atoms with Crippen molar-refractivity contribution in [2.75, 3.05) is 12.4 Å². The second kappa shape index (κ2) is 6.36. The van der Waals surface area contributed by atoms with E-state index in [2.05, 4.69) is 29.6 Å². The zero-order valence-corrected chi connectivity index (χ0v) is 14.4. The van der Waals surface area contributed by atoms with E-state index in [-0.39, 0.29) is 11.0 Å². The minimum Gasteiger partial charge on any atom is -0.497 e. The molecule has 1 atom stereocenters. The van der Waals surface area contributed by atoms with Crippen LogP contribution in [0, 0.1) is 0 Å². The summed E-state index contributed by atoms with van der Waals surface area (Å²) < 4.78 is 5.27. The first-order valence-corrected chi connectivity index (χ1v) is 9.07. The van der Waals surface area contributed by atoms with E-state index in [4.69, 9.17) is 4.74 Å². The average molecular weight is 337 g/mol. The van der Waals surface area contributed by atoms with Crippen LogP contribution in [0.15, 0.2) is 64.7 Å². The van der Waals surface area contributed by atoms with Gasteiger partial charge in [0, 0.05) is 22.6 Å². The van der Waals surface area contributed by atoms with Crippen molar-refractivity contribution in [3.8, 4) is 5.75 Å². The fourth-order valence-corrected chi connectivity index (χ4v) is 4.67.